The van der Waals surface area contributed by atoms with E-state index in [1.54, 1.807) is 0 Å². The van der Waals surface area contributed by atoms with E-state index in [2.05, 4.69) is 0 Å². The molecule has 0 saturated carbocycles. The van der Waals surface area contributed by atoms with E-state index >= 15 is 0 Å². The predicted octanol–water partition coefficient (Wildman–Crippen LogP) is 0.212. The Morgan fingerprint density at radius 1 is 1.58 bits per heavy atom. The lowest BCUT2D eigenvalue weighted by Crippen LogP contribution is -2.45. The summed E-state index contributed by atoms with van der Waals surface area (Å²) in [5, 5.41) is 19.3. The van der Waals surface area contributed by atoms with Gasteiger partial charge in [0.05, 0.1) is 11.7 Å². The smallest absolute Gasteiger partial charge is 0.0772 e. The Bertz CT molecular complexity index is 159. The van der Waals surface area contributed by atoms with Gasteiger partial charge in [0.15, 0.2) is 0 Å². The predicted molar refractivity (Wildman–Crippen MR) is 48.0 cm³/mol. The minimum absolute atomic E-state index is 0.109. The molecular weight excluding hydrogens is 154 g/mol. The molecule has 0 aromatic carbocycles. The quantitative estimate of drug-likeness (QED) is 0.627. The van der Waals surface area contributed by atoms with Crippen LogP contribution < -0.4 is 0 Å². The van der Waals surface area contributed by atoms with Crippen LogP contribution in [0.25, 0.3) is 0 Å². The first-order valence-electron chi connectivity index (χ1n) is 4.58. The van der Waals surface area contributed by atoms with E-state index in [0.717, 1.165) is 6.42 Å². The molecule has 0 spiro atoms. The average molecular weight is 173 g/mol. The van der Waals surface area contributed by atoms with E-state index < -0.39 is 5.60 Å². The van der Waals surface area contributed by atoms with E-state index in [9.17, 15) is 10.2 Å². The largest absolute Gasteiger partial charge is 0.392 e. The van der Waals surface area contributed by atoms with Crippen molar-refractivity contribution in [3.05, 3.63) is 0 Å². The summed E-state index contributed by atoms with van der Waals surface area (Å²) in [4.78, 5) is 2.04. The van der Waals surface area contributed by atoms with Crippen LogP contribution >= 0.6 is 0 Å². The molecule has 12 heavy (non-hydrogen) atoms. The molecular formula is C9H19NO2. The number of rotatable bonds is 2. The average Bonchev–Trinajstić information content (AvgIpc) is 2.31. The zero-order valence-electron chi connectivity index (χ0n) is 8.12. The summed E-state index contributed by atoms with van der Waals surface area (Å²) < 4.78 is 0. The molecule has 3 unspecified atom stereocenters. The normalized spacial score (nSPS) is 36.8. The van der Waals surface area contributed by atoms with Crippen LogP contribution in [0.5, 0.6) is 0 Å². The maximum atomic E-state index is 9.96. The van der Waals surface area contributed by atoms with Gasteiger partial charge in [-0.1, -0.05) is 6.92 Å². The summed E-state index contributed by atoms with van der Waals surface area (Å²) in [5.74, 6) is 0. The van der Waals surface area contributed by atoms with Gasteiger partial charge < -0.3 is 10.2 Å². The molecule has 2 N–H and O–H groups in total. The fourth-order valence-corrected chi connectivity index (χ4v) is 1.94. The van der Waals surface area contributed by atoms with Gasteiger partial charge in [-0.05, 0) is 26.8 Å². The third-order valence-corrected chi connectivity index (χ3v) is 2.96. The van der Waals surface area contributed by atoms with Crippen LogP contribution in [-0.4, -0.2) is 46.5 Å². The van der Waals surface area contributed by atoms with Crippen molar-refractivity contribution in [3.8, 4) is 0 Å². The molecule has 0 aromatic rings. The standard InChI is InChI=1S/C9H19NO2/c1-4-9(2,12)8-5-7(11)6-10(8)3/h7-8,11-12H,4-6H2,1-3H3. The van der Waals surface area contributed by atoms with Gasteiger partial charge in [-0.2, -0.15) is 0 Å². The molecule has 0 amide bonds. The first-order chi connectivity index (χ1) is 5.47. The first kappa shape index (κ1) is 9.96. The molecule has 1 aliphatic rings. The van der Waals surface area contributed by atoms with Crippen molar-refractivity contribution in [1.29, 1.82) is 0 Å². The van der Waals surface area contributed by atoms with Crippen LogP contribution in [0.3, 0.4) is 0 Å². The van der Waals surface area contributed by atoms with Crippen LogP contribution in [0.4, 0.5) is 0 Å². The SMILES string of the molecule is CCC(C)(O)C1CC(O)CN1C. The summed E-state index contributed by atoms with van der Waals surface area (Å²) in [6.07, 6.45) is 1.16. The Morgan fingerprint density at radius 2 is 2.17 bits per heavy atom. The van der Waals surface area contributed by atoms with E-state index in [1.807, 2.05) is 25.8 Å². The maximum Gasteiger partial charge on any atom is 0.0772 e. The summed E-state index contributed by atoms with van der Waals surface area (Å²) in [6, 6.07) is 0.109. The number of likely N-dealkylation sites (N-methyl/N-ethyl adjacent to an activating group) is 1. The second kappa shape index (κ2) is 3.32. The maximum absolute atomic E-state index is 9.96. The van der Waals surface area contributed by atoms with E-state index in [4.69, 9.17) is 0 Å². The van der Waals surface area contributed by atoms with E-state index in [1.165, 1.54) is 0 Å². The highest BCUT2D eigenvalue weighted by Crippen LogP contribution is 2.27. The Hall–Kier alpha value is -0.120. The van der Waals surface area contributed by atoms with E-state index in [-0.39, 0.29) is 12.1 Å². The molecule has 0 bridgehead atoms. The molecule has 1 saturated heterocycles. The molecule has 1 rings (SSSR count). The van der Waals surface area contributed by atoms with Crippen molar-refractivity contribution < 1.29 is 10.2 Å². The van der Waals surface area contributed by atoms with Gasteiger partial charge in [0.25, 0.3) is 0 Å². The molecule has 3 heteroatoms. The highest BCUT2D eigenvalue weighted by Gasteiger charge is 2.39. The number of aliphatic hydroxyl groups is 2. The van der Waals surface area contributed by atoms with Crippen molar-refractivity contribution in [2.75, 3.05) is 13.6 Å². The second-order valence-electron chi connectivity index (χ2n) is 4.06. The van der Waals surface area contributed by atoms with Gasteiger partial charge in [-0.25, -0.2) is 0 Å². The van der Waals surface area contributed by atoms with Gasteiger partial charge >= 0.3 is 0 Å². The van der Waals surface area contributed by atoms with Gasteiger partial charge in [-0.15, -0.1) is 0 Å². The van der Waals surface area contributed by atoms with E-state index in [0.29, 0.717) is 13.0 Å². The molecule has 1 fully saturated rings. The fourth-order valence-electron chi connectivity index (χ4n) is 1.94. The number of hydrogen-bond acceptors (Lipinski definition) is 3. The number of aliphatic hydroxyl groups excluding tert-OH is 1. The molecule has 1 heterocycles. The van der Waals surface area contributed by atoms with Gasteiger partial charge in [0.1, 0.15) is 0 Å². The summed E-state index contributed by atoms with van der Waals surface area (Å²) in [6.45, 7) is 4.49. The first-order valence-corrected chi connectivity index (χ1v) is 4.58. The zero-order valence-corrected chi connectivity index (χ0v) is 8.12. The lowest BCUT2D eigenvalue weighted by molar-refractivity contribution is -0.0142. The van der Waals surface area contributed by atoms with Crippen molar-refractivity contribution in [2.45, 2.75) is 44.4 Å². The Balaban J connectivity index is 2.63. The number of nitrogens with zero attached hydrogens (tertiary/aromatic N) is 1. The van der Waals surface area contributed by atoms with Crippen LogP contribution in [-0.2, 0) is 0 Å². The summed E-state index contributed by atoms with van der Waals surface area (Å²) in [5.41, 5.74) is -0.660. The Labute approximate surface area is 74.0 Å². The monoisotopic (exact) mass is 173 g/mol. The molecule has 3 atom stereocenters. The third kappa shape index (κ3) is 1.79. The van der Waals surface area contributed by atoms with Crippen LogP contribution in [0.15, 0.2) is 0 Å². The highest BCUT2D eigenvalue weighted by molar-refractivity contribution is 4.94. The number of likely N-dealkylation sites (tertiary alicyclic amines) is 1. The van der Waals surface area contributed by atoms with Crippen LogP contribution in [0.1, 0.15) is 26.7 Å². The zero-order chi connectivity index (χ0) is 9.35. The van der Waals surface area contributed by atoms with Crippen molar-refractivity contribution >= 4 is 0 Å². The lowest BCUT2D eigenvalue weighted by atomic mass is 9.91. The lowest BCUT2D eigenvalue weighted by Gasteiger charge is -2.33. The minimum atomic E-state index is -0.660. The summed E-state index contributed by atoms with van der Waals surface area (Å²) in [7, 11) is 1.95. The molecule has 1 aliphatic heterocycles. The van der Waals surface area contributed by atoms with Crippen molar-refractivity contribution in [1.82, 2.24) is 4.90 Å². The summed E-state index contributed by atoms with van der Waals surface area (Å²) >= 11 is 0. The number of hydrogen-bond donors (Lipinski definition) is 2. The second-order valence-corrected chi connectivity index (χ2v) is 4.06. The van der Waals surface area contributed by atoms with Crippen molar-refractivity contribution in [3.63, 3.8) is 0 Å². The minimum Gasteiger partial charge on any atom is -0.392 e. The number of β-amino-alcohol motifs (C(OH)–C–C–N with tert-alkyl or cyclic N) is 1. The van der Waals surface area contributed by atoms with Gasteiger partial charge in [-0.3, -0.25) is 4.90 Å². The fraction of sp³-hybridized carbons (Fsp3) is 1.00. The van der Waals surface area contributed by atoms with Gasteiger partial charge in [0.2, 0.25) is 0 Å². The van der Waals surface area contributed by atoms with Gasteiger partial charge in [0, 0.05) is 12.6 Å². The molecule has 0 aromatic heterocycles. The molecule has 3 nitrogen and oxygen atoms in total. The molecule has 0 radical (unpaired) electrons. The topological polar surface area (TPSA) is 43.7 Å². The van der Waals surface area contributed by atoms with Crippen molar-refractivity contribution in [2.24, 2.45) is 0 Å². The van der Waals surface area contributed by atoms with Crippen LogP contribution in [0.2, 0.25) is 0 Å². The molecule has 72 valence electrons. The Kier molecular flexibility index (Phi) is 2.76. The van der Waals surface area contributed by atoms with Crippen LogP contribution in [0, 0.1) is 0 Å². The highest BCUT2D eigenvalue weighted by atomic mass is 16.3. The Morgan fingerprint density at radius 3 is 2.50 bits per heavy atom. The third-order valence-electron chi connectivity index (χ3n) is 2.96. The molecule has 0 aliphatic carbocycles.